The summed E-state index contributed by atoms with van der Waals surface area (Å²) >= 11 is 0. The molecular weight excluding hydrogens is 210 g/mol. The number of nitrogens with one attached hydrogen (secondary N) is 1. The monoisotopic (exact) mass is 235 g/mol. The number of rotatable bonds is 7. The Morgan fingerprint density at radius 3 is 2.29 bits per heavy atom. The summed E-state index contributed by atoms with van der Waals surface area (Å²) in [4.78, 5) is 0. The first-order chi connectivity index (χ1) is 8.15. The molecule has 0 radical (unpaired) electrons. The maximum Gasteiger partial charge on any atom is 0.0662 e. The number of hydrogen-bond acceptors (Lipinski definition) is 2. The van der Waals surface area contributed by atoms with Crippen LogP contribution >= 0.6 is 0 Å². The maximum atomic E-state index is 9.52. The van der Waals surface area contributed by atoms with Crippen LogP contribution in [0.5, 0.6) is 0 Å². The minimum Gasteiger partial charge on any atom is -0.392 e. The van der Waals surface area contributed by atoms with Gasteiger partial charge < -0.3 is 10.4 Å². The zero-order valence-electron chi connectivity index (χ0n) is 11.2. The van der Waals surface area contributed by atoms with Crippen LogP contribution in [0, 0.1) is 5.92 Å². The minimum absolute atomic E-state index is 0.224. The summed E-state index contributed by atoms with van der Waals surface area (Å²) in [5, 5.41) is 12.9. The van der Waals surface area contributed by atoms with E-state index >= 15 is 0 Å². The van der Waals surface area contributed by atoms with Gasteiger partial charge in [-0.15, -0.1) is 0 Å². The summed E-state index contributed by atoms with van der Waals surface area (Å²) < 4.78 is 0. The van der Waals surface area contributed by atoms with Crippen LogP contribution < -0.4 is 5.32 Å². The fourth-order valence-corrected chi connectivity index (χ4v) is 1.99. The summed E-state index contributed by atoms with van der Waals surface area (Å²) in [6.45, 7) is 8.11. The molecule has 0 spiro atoms. The lowest BCUT2D eigenvalue weighted by Gasteiger charge is -2.22. The molecule has 2 unspecified atom stereocenters. The highest BCUT2D eigenvalue weighted by atomic mass is 16.3. The van der Waals surface area contributed by atoms with Crippen LogP contribution in [0.15, 0.2) is 30.3 Å². The topological polar surface area (TPSA) is 32.3 Å². The highest BCUT2D eigenvalue weighted by Gasteiger charge is 2.15. The van der Waals surface area contributed by atoms with Crippen molar-refractivity contribution < 1.29 is 5.11 Å². The lowest BCUT2D eigenvalue weighted by Crippen LogP contribution is -2.31. The Morgan fingerprint density at radius 1 is 1.12 bits per heavy atom. The van der Waals surface area contributed by atoms with Crippen molar-refractivity contribution in [2.75, 3.05) is 13.1 Å². The smallest absolute Gasteiger partial charge is 0.0662 e. The SMILES string of the molecule is CCC(O)CNCC(c1ccccc1)C(C)C. The molecule has 0 aliphatic rings. The van der Waals surface area contributed by atoms with Gasteiger partial charge in [0.05, 0.1) is 6.10 Å². The van der Waals surface area contributed by atoms with Crippen LogP contribution in [0.25, 0.3) is 0 Å². The van der Waals surface area contributed by atoms with Gasteiger partial charge in [0, 0.05) is 13.1 Å². The second-order valence-electron chi connectivity index (χ2n) is 4.98. The van der Waals surface area contributed by atoms with Crippen LogP contribution in [0.1, 0.15) is 38.7 Å². The van der Waals surface area contributed by atoms with Crippen molar-refractivity contribution in [2.45, 2.75) is 39.2 Å². The molecule has 0 fully saturated rings. The van der Waals surface area contributed by atoms with Crippen LogP contribution in [0.4, 0.5) is 0 Å². The molecule has 96 valence electrons. The van der Waals surface area contributed by atoms with Crippen LogP contribution in [-0.2, 0) is 0 Å². The second kappa shape index (κ2) is 7.46. The zero-order chi connectivity index (χ0) is 12.7. The molecule has 0 saturated carbocycles. The maximum absolute atomic E-state index is 9.52. The van der Waals surface area contributed by atoms with E-state index in [1.54, 1.807) is 0 Å². The largest absolute Gasteiger partial charge is 0.392 e. The second-order valence-corrected chi connectivity index (χ2v) is 4.98. The Balaban J connectivity index is 2.50. The third kappa shape index (κ3) is 4.88. The van der Waals surface area contributed by atoms with Gasteiger partial charge in [-0.05, 0) is 23.8 Å². The summed E-state index contributed by atoms with van der Waals surface area (Å²) in [5.41, 5.74) is 1.38. The van der Waals surface area contributed by atoms with Gasteiger partial charge >= 0.3 is 0 Å². The molecule has 1 aromatic carbocycles. The highest BCUT2D eigenvalue weighted by Crippen LogP contribution is 2.23. The quantitative estimate of drug-likeness (QED) is 0.761. The molecule has 2 heteroatoms. The van der Waals surface area contributed by atoms with Gasteiger partial charge in [0.15, 0.2) is 0 Å². The molecule has 2 N–H and O–H groups in total. The molecule has 0 saturated heterocycles. The van der Waals surface area contributed by atoms with Crippen molar-refractivity contribution in [3.63, 3.8) is 0 Å². The Bertz CT molecular complexity index is 297. The van der Waals surface area contributed by atoms with Gasteiger partial charge in [0.2, 0.25) is 0 Å². The molecule has 0 aliphatic heterocycles. The van der Waals surface area contributed by atoms with Crippen LogP contribution in [0.2, 0.25) is 0 Å². The van der Waals surface area contributed by atoms with E-state index in [0.717, 1.165) is 13.0 Å². The van der Waals surface area contributed by atoms with Crippen molar-refractivity contribution >= 4 is 0 Å². The van der Waals surface area contributed by atoms with E-state index in [1.807, 2.05) is 6.92 Å². The molecule has 0 aliphatic carbocycles. The summed E-state index contributed by atoms with van der Waals surface area (Å²) in [5.74, 6) is 1.11. The first-order valence-electron chi connectivity index (χ1n) is 6.58. The number of aliphatic hydroxyl groups excluding tert-OH is 1. The van der Waals surface area contributed by atoms with Crippen LogP contribution in [-0.4, -0.2) is 24.3 Å². The molecule has 17 heavy (non-hydrogen) atoms. The summed E-state index contributed by atoms with van der Waals surface area (Å²) in [7, 11) is 0. The van der Waals surface area contributed by atoms with E-state index < -0.39 is 0 Å². The predicted octanol–water partition coefficient (Wildman–Crippen LogP) is 2.79. The zero-order valence-corrected chi connectivity index (χ0v) is 11.2. The average molecular weight is 235 g/mol. The molecule has 0 amide bonds. The first kappa shape index (κ1) is 14.2. The van der Waals surface area contributed by atoms with Gasteiger partial charge in [-0.1, -0.05) is 51.1 Å². The Labute approximate surface area is 105 Å². The Morgan fingerprint density at radius 2 is 1.76 bits per heavy atom. The average Bonchev–Trinajstić information content (AvgIpc) is 2.34. The fourth-order valence-electron chi connectivity index (χ4n) is 1.99. The van der Waals surface area contributed by atoms with Crippen molar-refractivity contribution in [3.8, 4) is 0 Å². The lowest BCUT2D eigenvalue weighted by molar-refractivity contribution is 0.166. The highest BCUT2D eigenvalue weighted by molar-refractivity contribution is 5.20. The third-order valence-corrected chi connectivity index (χ3v) is 3.25. The Kier molecular flexibility index (Phi) is 6.23. The molecule has 2 atom stereocenters. The Hall–Kier alpha value is -0.860. The predicted molar refractivity (Wildman–Crippen MR) is 73.2 cm³/mol. The first-order valence-corrected chi connectivity index (χ1v) is 6.58. The minimum atomic E-state index is -0.224. The fraction of sp³-hybridized carbons (Fsp3) is 0.600. The van der Waals surface area contributed by atoms with Crippen LogP contribution in [0.3, 0.4) is 0 Å². The van der Waals surface area contributed by atoms with E-state index in [-0.39, 0.29) is 6.10 Å². The molecule has 0 bridgehead atoms. The van der Waals surface area contributed by atoms with Gasteiger partial charge in [-0.2, -0.15) is 0 Å². The van der Waals surface area contributed by atoms with Gasteiger partial charge in [-0.25, -0.2) is 0 Å². The molecule has 2 nitrogen and oxygen atoms in total. The van der Waals surface area contributed by atoms with E-state index in [9.17, 15) is 5.11 Å². The van der Waals surface area contributed by atoms with E-state index in [4.69, 9.17) is 0 Å². The van der Waals surface area contributed by atoms with Crippen molar-refractivity contribution in [3.05, 3.63) is 35.9 Å². The van der Waals surface area contributed by atoms with Gasteiger partial charge in [-0.3, -0.25) is 0 Å². The normalized spacial score (nSPS) is 14.9. The number of hydrogen-bond donors (Lipinski definition) is 2. The van der Waals surface area contributed by atoms with Gasteiger partial charge in [0.1, 0.15) is 0 Å². The summed E-state index contributed by atoms with van der Waals surface area (Å²) in [6, 6.07) is 10.6. The molecule has 1 rings (SSSR count). The number of aliphatic hydroxyl groups is 1. The molecular formula is C15H25NO. The van der Waals surface area contributed by atoms with Crippen molar-refractivity contribution in [2.24, 2.45) is 5.92 Å². The van der Waals surface area contributed by atoms with Crippen molar-refractivity contribution in [1.29, 1.82) is 0 Å². The van der Waals surface area contributed by atoms with E-state index in [2.05, 4.69) is 49.5 Å². The molecule has 0 heterocycles. The summed E-state index contributed by atoms with van der Waals surface area (Å²) in [6.07, 6.45) is 0.587. The molecule has 0 aromatic heterocycles. The molecule has 1 aromatic rings. The van der Waals surface area contributed by atoms with Crippen molar-refractivity contribution in [1.82, 2.24) is 5.32 Å². The lowest BCUT2D eigenvalue weighted by atomic mass is 9.88. The van der Waals surface area contributed by atoms with Gasteiger partial charge in [0.25, 0.3) is 0 Å². The number of benzene rings is 1. The standard InChI is InChI=1S/C15H25NO/c1-4-14(17)10-16-11-15(12(2)3)13-8-6-5-7-9-13/h5-9,12,14-17H,4,10-11H2,1-3H3. The van der Waals surface area contributed by atoms with E-state index in [0.29, 0.717) is 18.4 Å². The van der Waals surface area contributed by atoms with E-state index in [1.165, 1.54) is 5.56 Å². The third-order valence-electron chi connectivity index (χ3n) is 3.25.